The predicted molar refractivity (Wildman–Crippen MR) is 79.6 cm³/mol. The number of rotatable bonds is 6. The van der Waals surface area contributed by atoms with Crippen LogP contribution in [0.5, 0.6) is 17.2 Å². The van der Waals surface area contributed by atoms with Gasteiger partial charge in [0.2, 0.25) is 5.75 Å². The highest BCUT2D eigenvalue weighted by Crippen LogP contribution is 2.36. The average Bonchev–Trinajstić information content (AvgIpc) is 2.49. The van der Waals surface area contributed by atoms with Crippen LogP contribution in [0.15, 0.2) is 42.5 Å². The van der Waals surface area contributed by atoms with Crippen molar-refractivity contribution >= 4 is 5.69 Å². The molecule has 0 amide bonds. The monoisotopic (exact) mass is 273 g/mol. The number of ether oxygens (including phenoxy) is 3. The van der Waals surface area contributed by atoms with Gasteiger partial charge in [-0.05, 0) is 29.8 Å². The summed E-state index contributed by atoms with van der Waals surface area (Å²) in [6, 6.07) is 13.3. The van der Waals surface area contributed by atoms with Crippen molar-refractivity contribution in [3.63, 3.8) is 0 Å². The first kappa shape index (κ1) is 14.1. The van der Waals surface area contributed by atoms with Crippen molar-refractivity contribution in [3.05, 3.63) is 48.0 Å². The molecule has 0 aromatic heterocycles. The molecule has 20 heavy (non-hydrogen) atoms. The van der Waals surface area contributed by atoms with E-state index in [2.05, 4.69) is 0 Å². The summed E-state index contributed by atoms with van der Waals surface area (Å²) in [6.45, 7) is 0.542. The smallest absolute Gasteiger partial charge is 0.203 e. The number of methoxy groups -OCH3 is 2. The van der Waals surface area contributed by atoms with Gasteiger partial charge in [-0.1, -0.05) is 18.2 Å². The van der Waals surface area contributed by atoms with Crippen molar-refractivity contribution in [2.24, 2.45) is 0 Å². The van der Waals surface area contributed by atoms with E-state index in [1.807, 2.05) is 42.5 Å². The van der Waals surface area contributed by atoms with Crippen LogP contribution in [0.2, 0.25) is 0 Å². The minimum atomic E-state index is 0.542. The number of nitrogen functional groups attached to an aromatic ring is 1. The van der Waals surface area contributed by atoms with Gasteiger partial charge in [0, 0.05) is 12.1 Å². The first-order chi connectivity index (χ1) is 9.74. The fourth-order valence-electron chi connectivity index (χ4n) is 1.91. The minimum absolute atomic E-state index is 0.542. The molecule has 0 aliphatic heterocycles. The standard InChI is InChI=1S/C16H19NO3/c1-18-14-4-3-5-15(19-2)16(14)20-11-10-12-6-8-13(17)9-7-12/h3-9H,10-11,17H2,1-2H3. The first-order valence-electron chi connectivity index (χ1n) is 6.43. The number of nitrogens with two attached hydrogens (primary N) is 1. The molecule has 0 fully saturated rings. The molecule has 0 radical (unpaired) electrons. The molecule has 0 saturated heterocycles. The highest BCUT2D eigenvalue weighted by atomic mass is 16.5. The maximum Gasteiger partial charge on any atom is 0.203 e. The Labute approximate surface area is 119 Å². The van der Waals surface area contributed by atoms with Crippen molar-refractivity contribution in [1.82, 2.24) is 0 Å². The molecular weight excluding hydrogens is 254 g/mol. The van der Waals surface area contributed by atoms with Gasteiger partial charge in [-0.3, -0.25) is 0 Å². The van der Waals surface area contributed by atoms with Crippen molar-refractivity contribution < 1.29 is 14.2 Å². The molecule has 0 bridgehead atoms. The Morgan fingerprint density at radius 3 is 2.05 bits per heavy atom. The van der Waals surface area contributed by atoms with E-state index in [4.69, 9.17) is 19.9 Å². The third-order valence-corrected chi connectivity index (χ3v) is 3.00. The normalized spacial score (nSPS) is 10.1. The van der Waals surface area contributed by atoms with E-state index in [0.29, 0.717) is 23.9 Å². The fourth-order valence-corrected chi connectivity index (χ4v) is 1.91. The SMILES string of the molecule is COc1cccc(OC)c1OCCc1ccc(N)cc1. The predicted octanol–water partition coefficient (Wildman–Crippen LogP) is 2.91. The van der Waals surface area contributed by atoms with Crippen LogP contribution in [0.3, 0.4) is 0 Å². The molecule has 2 aromatic carbocycles. The second-order valence-corrected chi connectivity index (χ2v) is 4.33. The summed E-state index contributed by atoms with van der Waals surface area (Å²) in [5.41, 5.74) is 7.60. The Balaban J connectivity index is 2.01. The average molecular weight is 273 g/mol. The van der Waals surface area contributed by atoms with Gasteiger partial charge in [0.1, 0.15) is 0 Å². The van der Waals surface area contributed by atoms with Gasteiger partial charge in [-0.2, -0.15) is 0 Å². The number of hydrogen-bond acceptors (Lipinski definition) is 4. The Hall–Kier alpha value is -2.36. The molecule has 0 spiro atoms. The third kappa shape index (κ3) is 3.35. The molecule has 0 aliphatic carbocycles. The Morgan fingerprint density at radius 2 is 1.50 bits per heavy atom. The van der Waals surface area contributed by atoms with Crippen LogP contribution < -0.4 is 19.9 Å². The molecule has 0 aliphatic rings. The van der Waals surface area contributed by atoms with Crippen molar-refractivity contribution in [1.29, 1.82) is 0 Å². The van der Waals surface area contributed by atoms with E-state index in [1.54, 1.807) is 14.2 Å². The topological polar surface area (TPSA) is 53.7 Å². The number of hydrogen-bond donors (Lipinski definition) is 1. The van der Waals surface area contributed by atoms with Gasteiger partial charge in [-0.25, -0.2) is 0 Å². The molecule has 2 N–H and O–H groups in total. The molecule has 4 nitrogen and oxygen atoms in total. The highest BCUT2D eigenvalue weighted by Gasteiger charge is 2.10. The van der Waals surface area contributed by atoms with E-state index in [0.717, 1.165) is 12.1 Å². The molecular formula is C16H19NO3. The van der Waals surface area contributed by atoms with Crippen LogP contribution in [0, 0.1) is 0 Å². The van der Waals surface area contributed by atoms with Crippen LogP contribution in [0.1, 0.15) is 5.56 Å². The number of benzene rings is 2. The zero-order valence-corrected chi connectivity index (χ0v) is 11.8. The summed E-state index contributed by atoms with van der Waals surface area (Å²) in [4.78, 5) is 0. The third-order valence-electron chi connectivity index (χ3n) is 3.00. The van der Waals surface area contributed by atoms with Gasteiger partial charge < -0.3 is 19.9 Å². The van der Waals surface area contributed by atoms with Gasteiger partial charge in [0.05, 0.1) is 20.8 Å². The lowest BCUT2D eigenvalue weighted by molar-refractivity contribution is 0.277. The number of anilines is 1. The quantitative estimate of drug-likeness (QED) is 0.822. The van der Waals surface area contributed by atoms with Gasteiger partial charge in [0.15, 0.2) is 11.5 Å². The fraction of sp³-hybridized carbons (Fsp3) is 0.250. The largest absolute Gasteiger partial charge is 0.493 e. The van der Waals surface area contributed by atoms with Crippen LogP contribution in [0.4, 0.5) is 5.69 Å². The van der Waals surface area contributed by atoms with E-state index in [-0.39, 0.29) is 0 Å². The molecule has 2 aromatic rings. The zero-order chi connectivity index (χ0) is 14.4. The lowest BCUT2D eigenvalue weighted by atomic mass is 10.1. The Bertz CT molecular complexity index is 530. The van der Waals surface area contributed by atoms with Crippen LogP contribution in [0.25, 0.3) is 0 Å². The molecule has 2 rings (SSSR count). The van der Waals surface area contributed by atoms with Gasteiger partial charge >= 0.3 is 0 Å². The van der Waals surface area contributed by atoms with Crippen LogP contribution in [-0.2, 0) is 6.42 Å². The van der Waals surface area contributed by atoms with Crippen LogP contribution >= 0.6 is 0 Å². The second-order valence-electron chi connectivity index (χ2n) is 4.33. The maximum atomic E-state index is 5.80. The van der Waals surface area contributed by atoms with E-state index in [9.17, 15) is 0 Å². The minimum Gasteiger partial charge on any atom is -0.493 e. The van der Waals surface area contributed by atoms with E-state index in [1.165, 1.54) is 5.56 Å². The molecule has 0 saturated carbocycles. The summed E-state index contributed by atoms with van der Waals surface area (Å²) in [7, 11) is 3.23. The lowest BCUT2D eigenvalue weighted by Gasteiger charge is -2.14. The molecule has 0 atom stereocenters. The summed E-state index contributed by atoms with van der Waals surface area (Å²) in [5.74, 6) is 1.97. The Kier molecular flexibility index (Phi) is 4.71. The molecule has 106 valence electrons. The molecule has 4 heteroatoms. The van der Waals surface area contributed by atoms with Gasteiger partial charge in [0.25, 0.3) is 0 Å². The molecule has 0 unspecified atom stereocenters. The second kappa shape index (κ2) is 6.70. The highest BCUT2D eigenvalue weighted by molar-refractivity contribution is 5.51. The Morgan fingerprint density at radius 1 is 0.900 bits per heavy atom. The summed E-state index contributed by atoms with van der Waals surface area (Å²) < 4.78 is 16.4. The summed E-state index contributed by atoms with van der Waals surface area (Å²) in [5, 5.41) is 0. The van der Waals surface area contributed by atoms with E-state index >= 15 is 0 Å². The van der Waals surface area contributed by atoms with E-state index < -0.39 is 0 Å². The van der Waals surface area contributed by atoms with Crippen LogP contribution in [-0.4, -0.2) is 20.8 Å². The maximum absolute atomic E-state index is 5.80. The summed E-state index contributed by atoms with van der Waals surface area (Å²) >= 11 is 0. The first-order valence-corrected chi connectivity index (χ1v) is 6.43. The van der Waals surface area contributed by atoms with Crippen molar-refractivity contribution in [3.8, 4) is 17.2 Å². The van der Waals surface area contributed by atoms with Gasteiger partial charge in [-0.15, -0.1) is 0 Å². The van der Waals surface area contributed by atoms with Crippen molar-refractivity contribution in [2.45, 2.75) is 6.42 Å². The lowest BCUT2D eigenvalue weighted by Crippen LogP contribution is -2.04. The summed E-state index contributed by atoms with van der Waals surface area (Å²) in [6.07, 6.45) is 0.793. The molecule has 0 heterocycles. The van der Waals surface area contributed by atoms with Crippen molar-refractivity contribution in [2.75, 3.05) is 26.6 Å². The number of para-hydroxylation sites is 1. The zero-order valence-electron chi connectivity index (χ0n) is 11.8.